The molecular weight excluding hydrogens is 314 g/mol. The van der Waals surface area contributed by atoms with E-state index in [1.165, 1.54) is 0 Å². The molecule has 0 aliphatic carbocycles. The van der Waals surface area contributed by atoms with Crippen LogP contribution in [0.4, 0.5) is 8.78 Å². The molecule has 1 aromatic carbocycles. The first-order valence-electron chi connectivity index (χ1n) is 7.83. The summed E-state index contributed by atoms with van der Waals surface area (Å²) in [5, 5.41) is 3.44. The van der Waals surface area contributed by atoms with Crippen LogP contribution in [0.1, 0.15) is 24.5 Å². The predicted octanol–water partition coefficient (Wildman–Crippen LogP) is 3.80. The molecule has 6 heteroatoms. The lowest BCUT2D eigenvalue weighted by atomic mass is 10.1. The summed E-state index contributed by atoms with van der Waals surface area (Å²) in [5.74, 6) is 0.790. The third-order valence-corrected chi connectivity index (χ3v) is 3.68. The number of methoxy groups -OCH3 is 1. The maximum Gasteiger partial charge on any atom is 0.387 e. The SMILES string of the molecule is COc1ccc(CNC(C)CCc2ccc(OC(F)F)cc2)cn1. The van der Waals surface area contributed by atoms with Crippen molar-refractivity contribution in [3.05, 3.63) is 53.7 Å². The lowest BCUT2D eigenvalue weighted by Gasteiger charge is -2.14. The van der Waals surface area contributed by atoms with Gasteiger partial charge in [0.05, 0.1) is 7.11 Å². The van der Waals surface area contributed by atoms with Crippen LogP contribution in [0.15, 0.2) is 42.6 Å². The van der Waals surface area contributed by atoms with Gasteiger partial charge in [-0.25, -0.2) is 4.98 Å². The Kier molecular flexibility index (Phi) is 6.93. The number of rotatable bonds is 9. The van der Waals surface area contributed by atoms with E-state index >= 15 is 0 Å². The van der Waals surface area contributed by atoms with Crippen LogP contribution < -0.4 is 14.8 Å². The van der Waals surface area contributed by atoms with E-state index in [0.717, 1.165) is 30.5 Å². The van der Waals surface area contributed by atoms with E-state index in [-0.39, 0.29) is 5.75 Å². The van der Waals surface area contributed by atoms with Crippen LogP contribution in [0, 0.1) is 0 Å². The average Bonchev–Trinajstić information content (AvgIpc) is 2.59. The highest BCUT2D eigenvalue weighted by molar-refractivity contribution is 5.27. The summed E-state index contributed by atoms with van der Waals surface area (Å²) in [7, 11) is 1.59. The summed E-state index contributed by atoms with van der Waals surface area (Å²) in [6.07, 6.45) is 3.60. The Bertz CT molecular complexity index is 603. The Morgan fingerprint density at radius 3 is 2.38 bits per heavy atom. The van der Waals surface area contributed by atoms with Crippen molar-refractivity contribution in [2.24, 2.45) is 0 Å². The first-order chi connectivity index (χ1) is 11.6. The molecule has 0 aliphatic rings. The molecule has 0 bridgehead atoms. The molecule has 4 nitrogen and oxygen atoms in total. The molecule has 1 unspecified atom stereocenters. The molecular formula is C18H22F2N2O2. The summed E-state index contributed by atoms with van der Waals surface area (Å²) in [6.45, 7) is 0.0670. The number of hydrogen-bond donors (Lipinski definition) is 1. The van der Waals surface area contributed by atoms with Gasteiger partial charge in [-0.1, -0.05) is 18.2 Å². The molecule has 2 rings (SSSR count). The number of ether oxygens (including phenoxy) is 2. The number of benzene rings is 1. The zero-order valence-electron chi connectivity index (χ0n) is 13.8. The van der Waals surface area contributed by atoms with E-state index in [1.807, 2.05) is 24.3 Å². The van der Waals surface area contributed by atoms with Crippen LogP contribution in [0.2, 0.25) is 0 Å². The molecule has 0 aliphatic heterocycles. The van der Waals surface area contributed by atoms with E-state index in [2.05, 4.69) is 22.0 Å². The predicted molar refractivity (Wildman–Crippen MR) is 88.5 cm³/mol. The van der Waals surface area contributed by atoms with Gasteiger partial charge in [-0.05, 0) is 43.0 Å². The number of nitrogens with zero attached hydrogens (tertiary/aromatic N) is 1. The van der Waals surface area contributed by atoms with Crippen molar-refractivity contribution in [3.63, 3.8) is 0 Å². The fourth-order valence-electron chi connectivity index (χ4n) is 2.25. The summed E-state index contributed by atoms with van der Waals surface area (Å²) < 4.78 is 33.6. The van der Waals surface area contributed by atoms with Crippen molar-refractivity contribution in [3.8, 4) is 11.6 Å². The van der Waals surface area contributed by atoms with Gasteiger partial charge in [0.1, 0.15) is 5.75 Å². The number of hydrogen-bond acceptors (Lipinski definition) is 4. The highest BCUT2D eigenvalue weighted by Gasteiger charge is 2.06. The van der Waals surface area contributed by atoms with Gasteiger partial charge in [0.15, 0.2) is 0 Å². The van der Waals surface area contributed by atoms with E-state index in [1.54, 1.807) is 25.4 Å². The molecule has 1 atom stereocenters. The second kappa shape index (κ2) is 9.17. The van der Waals surface area contributed by atoms with Crippen LogP contribution in [-0.2, 0) is 13.0 Å². The number of nitrogens with one attached hydrogen (secondary N) is 1. The molecule has 0 fully saturated rings. The van der Waals surface area contributed by atoms with Gasteiger partial charge in [-0.3, -0.25) is 0 Å². The largest absolute Gasteiger partial charge is 0.481 e. The quantitative estimate of drug-likeness (QED) is 0.756. The Morgan fingerprint density at radius 1 is 1.08 bits per heavy atom. The first-order valence-corrected chi connectivity index (χ1v) is 7.83. The molecule has 0 saturated carbocycles. The molecule has 130 valence electrons. The van der Waals surface area contributed by atoms with Gasteiger partial charge in [0, 0.05) is 24.8 Å². The number of halogens is 2. The molecule has 1 aromatic heterocycles. The van der Waals surface area contributed by atoms with Crippen LogP contribution in [0.3, 0.4) is 0 Å². The minimum Gasteiger partial charge on any atom is -0.481 e. The Hall–Kier alpha value is -2.21. The van der Waals surface area contributed by atoms with Crippen molar-refractivity contribution in [1.82, 2.24) is 10.3 Å². The second-order valence-electron chi connectivity index (χ2n) is 5.55. The number of pyridine rings is 1. The van der Waals surface area contributed by atoms with E-state index < -0.39 is 6.61 Å². The highest BCUT2D eigenvalue weighted by Crippen LogP contribution is 2.16. The zero-order chi connectivity index (χ0) is 17.4. The maximum atomic E-state index is 12.1. The fraction of sp³-hybridized carbons (Fsp3) is 0.389. The van der Waals surface area contributed by atoms with Crippen LogP contribution in [-0.4, -0.2) is 24.7 Å². The third-order valence-electron chi connectivity index (χ3n) is 3.68. The lowest BCUT2D eigenvalue weighted by Crippen LogP contribution is -2.26. The van der Waals surface area contributed by atoms with Crippen LogP contribution in [0.25, 0.3) is 0 Å². The van der Waals surface area contributed by atoms with E-state index in [4.69, 9.17) is 4.74 Å². The van der Waals surface area contributed by atoms with Gasteiger partial charge < -0.3 is 14.8 Å². The highest BCUT2D eigenvalue weighted by atomic mass is 19.3. The molecule has 1 N–H and O–H groups in total. The normalized spacial score (nSPS) is 12.2. The topological polar surface area (TPSA) is 43.4 Å². The maximum absolute atomic E-state index is 12.1. The summed E-state index contributed by atoms with van der Waals surface area (Å²) >= 11 is 0. The molecule has 0 amide bonds. The minimum atomic E-state index is -2.78. The number of alkyl halides is 2. The van der Waals surface area contributed by atoms with Gasteiger partial charge in [-0.15, -0.1) is 0 Å². The third kappa shape index (κ3) is 6.12. The summed E-state index contributed by atoms with van der Waals surface area (Å²) in [5.41, 5.74) is 2.19. The standard InChI is InChI=1S/C18H22F2N2O2/c1-13(21-11-15-7-10-17(23-2)22-12-15)3-4-14-5-8-16(9-6-14)24-18(19)20/h5-10,12-13,18,21H,3-4,11H2,1-2H3. The molecule has 2 aromatic rings. The second-order valence-corrected chi connectivity index (χ2v) is 5.55. The van der Waals surface area contributed by atoms with Crippen molar-refractivity contribution in [2.45, 2.75) is 39.0 Å². The lowest BCUT2D eigenvalue weighted by molar-refractivity contribution is -0.0498. The minimum absolute atomic E-state index is 0.187. The Labute approximate surface area is 140 Å². The van der Waals surface area contributed by atoms with Crippen molar-refractivity contribution >= 4 is 0 Å². The fourth-order valence-corrected chi connectivity index (χ4v) is 2.25. The van der Waals surface area contributed by atoms with Crippen LogP contribution in [0.5, 0.6) is 11.6 Å². The van der Waals surface area contributed by atoms with Gasteiger partial charge in [0.25, 0.3) is 0 Å². The molecule has 0 saturated heterocycles. The average molecular weight is 336 g/mol. The number of aryl methyl sites for hydroxylation is 1. The summed E-state index contributed by atoms with van der Waals surface area (Å²) in [6, 6.07) is 10.9. The van der Waals surface area contributed by atoms with E-state index in [9.17, 15) is 8.78 Å². The first kappa shape index (κ1) is 18.1. The smallest absolute Gasteiger partial charge is 0.387 e. The monoisotopic (exact) mass is 336 g/mol. The van der Waals surface area contributed by atoms with Crippen molar-refractivity contribution in [2.75, 3.05) is 7.11 Å². The molecule has 0 spiro atoms. The summed E-state index contributed by atoms with van der Waals surface area (Å²) in [4.78, 5) is 4.17. The molecule has 0 radical (unpaired) electrons. The number of aromatic nitrogens is 1. The van der Waals surface area contributed by atoms with Crippen LogP contribution >= 0.6 is 0 Å². The van der Waals surface area contributed by atoms with Crippen molar-refractivity contribution < 1.29 is 18.3 Å². The van der Waals surface area contributed by atoms with Crippen molar-refractivity contribution in [1.29, 1.82) is 0 Å². The Morgan fingerprint density at radius 2 is 1.79 bits per heavy atom. The van der Waals surface area contributed by atoms with Gasteiger partial charge >= 0.3 is 6.61 Å². The van der Waals surface area contributed by atoms with E-state index in [0.29, 0.717) is 11.9 Å². The Balaban J connectivity index is 1.73. The van der Waals surface area contributed by atoms with Gasteiger partial charge in [0.2, 0.25) is 5.88 Å². The molecule has 1 heterocycles. The molecule has 24 heavy (non-hydrogen) atoms. The van der Waals surface area contributed by atoms with Gasteiger partial charge in [-0.2, -0.15) is 8.78 Å². The zero-order valence-corrected chi connectivity index (χ0v) is 13.8.